The van der Waals surface area contributed by atoms with Crippen LogP contribution >= 0.6 is 11.8 Å². The van der Waals surface area contributed by atoms with Gasteiger partial charge in [0, 0.05) is 37.0 Å². The molecule has 0 aromatic carbocycles. The van der Waals surface area contributed by atoms with E-state index in [0.717, 1.165) is 56.6 Å². The summed E-state index contributed by atoms with van der Waals surface area (Å²) in [5.41, 5.74) is 0.632. The summed E-state index contributed by atoms with van der Waals surface area (Å²) >= 11 is 1.61. The van der Waals surface area contributed by atoms with E-state index in [9.17, 15) is 14.7 Å². The molecule has 6 heteroatoms. The highest BCUT2D eigenvalue weighted by Gasteiger charge is 2.57. The van der Waals surface area contributed by atoms with Gasteiger partial charge in [-0.2, -0.15) is 0 Å². The minimum absolute atomic E-state index is 0.0629. The number of ketones is 1. The quantitative estimate of drug-likeness (QED) is 0.366. The molecule has 3 aliphatic rings. The van der Waals surface area contributed by atoms with Crippen LogP contribution in [0.15, 0.2) is 12.2 Å². The first-order valence-electron chi connectivity index (χ1n) is 11.3. The number of ether oxygens (including phenoxy) is 1. The van der Waals surface area contributed by atoms with Gasteiger partial charge in [-0.3, -0.25) is 9.59 Å². The van der Waals surface area contributed by atoms with Crippen LogP contribution in [-0.4, -0.2) is 65.1 Å². The van der Waals surface area contributed by atoms with Gasteiger partial charge in [-0.05, 0) is 49.8 Å². The lowest BCUT2D eigenvalue weighted by atomic mass is 9.57. The largest absolute Gasteiger partial charge is 0.461 e. The lowest BCUT2D eigenvalue weighted by Crippen LogP contribution is -2.48. The molecular formula is C23H37NO4S. The maximum Gasteiger partial charge on any atom is 0.316 e. The van der Waals surface area contributed by atoms with E-state index in [2.05, 4.69) is 25.3 Å². The fraction of sp³-hybridized carbons (Fsp3) is 0.826. The molecule has 0 saturated heterocycles. The van der Waals surface area contributed by atoms with Gasteiger partial charge >= 0.3 is 5.97 Å². The summed E-state index contributed by atoms with van der Waals surface area (Å²) < 4.78 is 5.95. The summed E-state index contributed by atoms with van der Waals surface area (Å²) in [6.45, 7) is 11.4. The number of hydrogen-bond acceptors (Lipinski definition) is 6. The van der Waals surface area contributed by atoms with Gasteiger partial charge in [0.2, 0.25) is 0 Å². The van der Waals surface area contributed by atoms with Crippen LogP contribution in [0.25, 0.3) is 0 Å². The number of carbonyl (C=O) groups excluding carboxylic acids is 2. The van der Waals surface area contributed by atoms with Gasteiger partial charge in [-0.25, -0.2) is 0 Å². The molecule has 0 aliphatic heterocycles. The van der Waals surface area contributed by atoms with Gasteiger partial charge < -0.3 is 14.7 Å². The van der Waals surface area contributed by atoms with Gasteiger partial charge in [0.05, 0.1) is 11.9 Å². The van der Waals surface area contributed by atoms with Gasteiger partial charge in [0.15, 0.2) is 0 Å². The smallest absolute Gasteiger partial charge is 0.316 e. The first kappa shape index (κ1) is 22.8. The monoisotopic (exact) mass is 423 g/mol. The molecule has 164 valence electrons. The van der Waals surface area contributed by atoms with E-state index in [1.807, 2.05) is 0 Å². The number of carbonyl (C=O) groups is 2. The van der Waals surface area contributed by atoms with Crippen LogP contribution in [0.1, 0.15) is 58.8 Å². The van der Waals surface area contributed by atoms with Crippen LogP contribution < -0.4 is 0 Å². The molecule has 2 bridgehead atoms. The normalized spacial score (nSPS) is 34.6. The number of nitrogens with zero attached hydrogens (tertiary/aromatic N) is 1. The van der Waals surface area contributed by atoms with E-state index in [0.29, 0.717) is 30.8 Å². The van der Waals surface area contributed by atoms with Crippen LogP contribution in [-0.2, 0) is 14.3 Å². The maximum atomic E-state index is 12.8. The van der Waals surface area contributed by atoms with Gasteiger partial charge in [0.1, 0.15) is 11.9 Å². The standard InChI is InChI=1S/C23H37NO4S/c1-4-24(5-2)11-12-29-15-21(27)28-20-13-16(3)19(26)14-23-9-6-7-17(20)22(23)18(25)8-10-23/h17,19-20,22,26H,3-15H2,1-2H3/t17?,19-,20-,22-,23+/m1/s1. The number of Topliss-reactive ketones (excluding diaryl/α,β-unsaturated/α-hetero) is 1. The second kappa shape index (κ2) is 9.97. The van der Waals surface area contributed by atoms with Crippen molar-refractivity contribution in [2.75, 3.05) is 31.1 Å². The molecule has 0 radical (unpaired) electrons. The van der Waals surface area contributed by atoms with Crippen molar-refractivity contribution in [3.63, 3.8) is 0 Å². The van der Waals surface area contributed by atoms with Crippen molar-refractivity contribution < 1.29 is 19.4 Å². The molecule has 0 aromatic rings. The lowest BCUT2D eigenvalue weighted by molar-refractivity contribution is -0.156. The van der Waals surface area contributed by atoms with E-state index >= 15 is 0 Å². The summed E-state index contributed by atoms with van der Waals surface area (Å²) in [7, 11) is 0. The van der Waals surface area contributed by atoms with Crippen LogP contribution in [0.3, 0.4) is 0 Å². The van der Waals surface area contributed by atoms with Crippen LogP contribution in [0, 0.1) is 17.3 Å². The molecule has 0 heterocycles. The minimum Gasteiger partial charge on any atom is -0.461 e. The van der Waals surface area contributed by atoms with Crippen LogP contribution in [0.4, 0.5) is 0 Å². The number of esters is 1. The predicted octanol–water partition coefficient (Wildman–Crippen LogP) is 3.45. The summed E-state index contributed by atoms with van der Waals surface area (Å²) in [6.07, 6.45) is 4.59. The molecule has 29 heavy (non-hydrogen) atoms. The fourth-order valence-corrected chi connectivity index (χ4v) is 6.65. The third kappa shape index (κ3) is 5.08. The molecule has 5 nitrogen and oxygen atoms in total. The Morgan fingerprint density at radius 1 is 1.34 bits per heavy atom. The summed E-state index contributed by atoms with van der Waals surface area (Å²) in [4.78, 5) is 27.7. The molecule has 0 aromatic heterocycles. The molecule has 5 atom stereocenters. The number of thioether (sulfide) groups is 1. The van der Waals surface area contributed by atoms with Crippen LogP contribution in [0.2, 0.25) is 0 Å². The Morgan fingerprint density at radius 2 is 2.10 bits per heavy atom. The zero-order chi connectivity index (χ0) is 21.0. The first-order chi connectivity index (χ1) is 13.9. The Kier molecular flexibility index (Phi) is 7.85. The number of hydrogen-bond donors (Lipinski definition) is 1. The SMILES string of the molecule is C=C1C[C@@H](OC(=O)CSCCN(CC)CC)C2CCC[C@]3(CCC(=O)[C@@H]23)C[C@H]1O. The molecule has 3 saturated carbocycles. The second-order valence-electron chi connectivity index (χ2n) is 9.05. The highest BCUT2D eigenvalue weighted by molar-refractivity contribution is 7.99. The maximum absolute atomic E-state index is 12.8. The summed E-state index contributed by atoms with van der Waals surface area (Å²) in [5.74, 6) is 1.36. The lowest BCUT2D eigenvalue weighted by Gasteiger charge is -2.48. The Hall–Kier alpha value is -0.850. The molecule has 0 amide bonds. The summed E-state index contributed by atoms with van der Waals surface area (Å²) in [6, 6.07) is 0. The van der Waals surface area contributed by atoms with Crippen molar-refractivity contribution in [1.29, 1.82) is 0 Å². The minimum atomic E-state index is -0.605. The molecule has 1 unspecified atom stereocenters. The average molecular weight is 424 g/mol. The van der Waals surface area contributed by atoms with E-state index < -0.39 is 6.10 Å². The molecule has 0 spiro atoms. The zero-order valence-corrected chi connectivity index (χ0v) is 18.8. The zero-order valence-electron chi connectivity index (χ0n) is 18.0. The molecule has 3 aliphatic carbocycles. The number of aliphatic hydroxyl groups excluding tert-OH is 1. The van der Waals surface area contributed by atoms with Crippen molar-refractivity contribution in [2.24, 2.45) is 17.3 Å². The van der Waals surface area contributed by atoms with Gasteiger partial charge in [-0.15, -0.1) is 11.8 Å². The van der Waals surface area contributed by atoms with Gasteiger partial charge in [-0.1, -0.05) is 26.8 Å². The third-order valence-electron chi connectivity index (χ3n) is 7.48. The van der Waals surface area contributed by atoms with E-state index in [-0.39, 0.29) is 29.3 Å². The average Bonchev–Trinajstić information content (AvgIpc) is 3.03. The van der Waals surface area contributed by atoms with Crippen molar-refractivity contribution in [2.45, 2.75) is 71.0 Å². The molecule has 1 N–H and O–H groups in total. The number of rotatable bonds is 8. The fourth-order valence-electron chi connectivity index (χ4n) is 5.88. The Morgan fingerprint density at radius 3 is 2.83 bits per heavy atom. The Bertz CT molecular complexity index is 620. The third-order valence-corrected chi connectivity index (χ3v) is 8.39. The van der Waals surface area contributed by atoms with Crippen molar-refractivity contribution in [3.8, 4) is 0 Å². The van der Waals surface area contributed by atoms with Crippen molar-refractivity contribution >= 4 is 23.5 Å². The van der Waals surface area contributed by atoms with Crippen molar-refractivity contribution in [1.82, 2.24) is 4.90 Å². The Balaban J connectivity index is 1.63. The highest BCUT2D eigenvalue weighted by atomic mass is 32.2. The van der Waals surface area contributed by atoms with E-state index in [1.165, 1.54) is 0 Å². The van der Waals surface area contributed by atoms with Crippen molar-refractivity contribution in [3.05, 3.63) is 12.2 Å². The second-order valence-corrected chi connectivity index (χ2v) is 10.2. The van der Waals surface area contributed by atoms with Gasteiger partial charge in [0.25, 0.3) is 0 Å². The van der Waals surface area contributed by atoms with Crippen LogP contribution in [0.5, 0.6) is 0 Å². The van der Waals surface area contributed by atoms with E-state index in [1.54, 1.807) is 11.8 Å². The number of aliphatic hydroxyl groups is 1. The highest BCUT2D eigenvalue weighted by Crippen LogP contribution is 2.58. The molecular weight excluding hydrogens is 386 g/mol. The molecule has 3 rings (SSSR count). The predicted molar refractivity (Wildman–Crippen MR) is 117 cm³/mol. The topological polar surface area (TPSA) is 66.8 Å². The first-order valence-corrected chi connectivity index (χ1v) is 12.4. The van der Waals surface area contributed by atoms with E-state index in [4.69, 9.17) is 4.74 Å². The molecule has 3 fully saturated rings. The summed E-state index contributed by atoms with van der Waals surface area (Å²) in [5, 5.41) is 10.7. The Labute approximate surface area is 179 Å².